The van der Waals surface area contributed by atoms with Gasteiger partial charge in [-0.2, -0.15) is 5.26 Å². The summed E-state index contributed by atoms with van der Waals surface area (Å²) in [6.07, 6.45) is 19.1. The predicted molar refractivity (Wildman–Crippen MR) is 166 cm³/mol. The van der Waals surface area contributed by atoms with Gasteiger partial charge in [-0.05, 0) is 104 Å². The average Bonchev–Trinajstić information content (AvgIpc) is 3.24. The van der Waals surface area contributed by atoms with Gasteiger partial charge in [0.1, 0.15) is 6.07 Å². The Morgan fingerprint density at radius 1 is 1.03 bits per heavy atom. The minimum Gasteiger partial charge on any atom is -0.307 e. The molecule has 2 nitrogen and oxygen atoms in total. The number of hydrogen-bond donors (Lipinski definition) is 1. The van der Waals surface area contributed by atoms with Gasteiger partial charge in [-0.25, -0.2) is 0 Å². The number of rotatable bonds is 6. The Morgan fingerprint density at radius 2 is 1.62 bits per heavy atom. The largest absolute Gasteiger partial charge is 0.307 e. The fourth-order valence-electron chi connectivity index (χ4n) is 7.92. The van der Waals surface area contributed by atoms with Crippen molar-refractivity contribution in [3.05, 3.63) is 24.3 Å². The Balaban J connectivity index is 0.000000913. The van der Waals surface area contributed by atoms with Crippen LogP contribution in [0.4, 0.5) is 0 Å². The molecule has 0 amide bonds. The molecule has 7 atom stereocenters. The van der Waals surface area contributed by atoms with E-state index in [-0.39, 0.29) is 0 Å². The number of nitrogens with zero attached hydrogens (tertiary/aromatic N) is 1. The van der Waals surface area contributed by atoms with Crippen LogP contribution in [-0.2, 0) is 0 Å². The van der Waals surface area contributed by atoms with E-state index < -0.39 is 0 Å². The van der Waals surface area contributed by atoms with E-state index in [1.807, 2.05) is 19.9 Å². The minimum absolute atomic E-state index is 0.403. The van der Waals surface area contributed by atoms with Crippen LogP contribution in [0.25, 0.3) is 0 Å². The highest BCUT2D eigenvalue weighted by Crippen LogP contribution is 2.69. The third-order valence-corrected chi connectivity index (χ3v) is 10.7. The SMILES string of the molecule is C/C=C(/C#N)C=N.C=CC(C)CCC1(C)C2CCC3(C)C(CC)CCC3C2CCC1(C)C.CC.CCC. The van der Waals surface area contributed by atoms with Gasteiger partial charge in [0.15, 0.2) is 0 Å². The molecule has 0 aliphatic heterocycles. The van der Waals surface area contributed by atoms with Crippen molar-refractivity contribution in [1.29, 1.82) is 10.7 Å². The van der Waals surface area contributed by atoms with Crippen LogP contribution in [0, 0.1) is 62.6 Å². The van der Waals surface area contributed by atoms with E-state index in [9.17, 15) is 0 Å². The lowest BCUT2D eigenvalue weighted by molar-refractivity contribution is -0.132. The smallest absolute Gasteiger partial charge is 0.100 e. The first kappa shape index (κ1) is 35.6. The van der Waals surface area contributed by atoms with Gasteiger partial charge in [0.25, 0.3) is 0 Å². The lowest BCUT2D eigenvalue weighted by atomic mass is 9.42. The highest BCUT2D eigenvalue weighted by atomic mass is 14.6. The van der Waals surface area contributed by atoms with Gasteiger partial charge in [-0.3, -0.25) is 0 Å². The van der Waals surface area contributed by atoms with E-state index in [0.29, 0.717) is 27.7 Å². The van der Waals surface area contributed by atoms with Crippen molar-refractivity contribution in [3.8, 4) is 6.07 Å². The van der Waals surface area contributed by atoms with Crippen molar-refractivity contribution in [3.63, 3.8) is 0 Å². The number of allylic oxidation sites excluding steroid dienone is 3. The van der Waals surface area contributed by atoms with Crippen LogP contribution >= 0.6 is 0 Å². The monoisotopic (exact) mass is 513 g/mol. The number of fused-ring (bicyclic) bond motifs is 3. The number of nitrogens with one attached hydrogen (secondary N) is 1. The summed E-state index contributed by atoms with van der Waals surface area (Å²) in [5, 5.41) is 14.6. The van der Waals surface area contributed by atoms with Crippen LogP contribution in [0.1, 0.15) is 140 Å². The first-order valence-electron chi connectivity index (χ1n) is 15.7. The Bertz CT molecular complexity index is 741. The van der Waals surface area contributed by atoms with Crippen LogP contribution in [-0.4, -0.2) is 6.21 Å². The molecule has 3 aliphatic carbocycles. The number of hydrogen-bond acceptors (Lipinski definition) is 2. The third kappa shape index (κ3) is 8.31. The molecule has 0 radical (unpaired) electrons. The van der Waals surface area contributed by atoms with Gasteiger partial charge < -0.3 is 5.41 Å². The fourth-order valence-corrected chi connectivity index (χ4v) is 7.92. The molecule has 2 heteroatoms. The van der Waals surface area contributed by atoms with E-state index in [1.54, 1.807) is 13.0 Å². The predicted octanol–water partition coefficient (Wildman–Crippen LogP) is 11.4. The summed E-state index contributed by atoms with van der Waals surface area (Å²) in [5.41, 5.74) is 2.07. The molecule has 3 fully saturated rings. The lowest BCUT2D eigenvalue weighted by Gasteiger charge is -2.62. The van der Waals surface area contributed by atoms with E-state index in [0.717, 1.165) is 29.9 Å². The Kier molecular flexibility index (Phi) is 16.0. The first-order valence-corrected chi connectivity index (χ1v) is 15.7. The summed E-state index contributed by atoms with van der Waals surface area (Å²) in [4.78, 5) is 0. The van der Waals surface area contributed by atoms with Crippen molar-refractivity contribution in [2.75, 3.05) is 0 Å². The van der Waals surface area contributed by atoms with E-state index >= 15 is 0 Å². The maximum atomic E-state index is 8.06. The summed E-state index contributed by atoms with van der Waals surface area (Å²) in [7, 11) is 0. The molecule has 0 saturated heterocycles. The van der Waals surface area contributed by atoms with Crippen molar-refractivity contribution in [2.45, 2.75) is 140 Å². The van der Waals surface area contributed by atoms with Gasteiger partial charge >= 0.3 is 0 Å². The average molecular weight is 513 g/mol. The molecule has 0 aromatic rings. The molecular weight excluding hydrogens is 448 g/mol. The molecule has 214 valence electrons. The molecule has 0 heterocycles. The quantitative estimate of drug-likeness (QED) is 0.215. The molecular formula is C35H64N2. The molecule has 1 N–H and O–H groups in total. The highest BCUT2D eigenvalue weighted by molar-refractivity contribution is 5.80. The van der Waals surface area contributed by atoms with Crippen molar-refractivity contribution >= 4 is 6.21 Å². The molecule has 3 rings (SSSR count). The van der Waals surface area contributed by atoms with Crippen molar-refractivity contribution < 1.29 is 0 Å². The van der Waals surface area contributed by atoms with Gasteiger partial charge in [0.2, 0.25) is 0 Å². The molecule has 0 bridgehead atoms. The second-order valence-corrected chi connectivity index (χ2v) is 12.9. The van der Waals surface area contributed by atoms with Crippen molar-refractivity contribution in [1.82, 2.24) is 0 Å². The fraction of sp³-hybridized carbons (Fsp3) is 0.829. The molecule has 3 saturated carbocycles. The summed E-state index contributed by atoms with van der Waals surface area (Å²) in [6, 6.07) is 1.82. The Hall–Kier alpha value is -1.36. The van der Waals surface area contributed by atoms with Gasteiger partial charge in [0.05, 0.1) is 5.57 Å². The summed E-state index contributed by atoms with van der Waals surface area (Å²) >= 11 is 0. The molecule has 3 aliphatic rings. The van der Waals surface area contributed by atoms with Gasteiger partial charge in [-0.1, -0.05) is 94.2 Å². The van der Waals surface area contributed by atoms with E-state index in [1.165, 1.54) is 64.2 Å². The normalized spacial score (nSPS) is 34.3. The van der Waals surface area contributed by atoms with Crippen molar-refractivity contribution in [2.24, 2.45) is 45.8 Å². The summed E-state index contributed by atoms with van der Waals surface area (Å²) in [6.45, 7) is 29.3. The maximum absolute atomic E-state index is 8.06. The van der Waals surface area contributed by atoms with Crippen LogP contribution in [0.2, 0.25) is 0 Å². The Labute approximate surface area is 233 Å². The molecule has 0 aromatic heterocycles. The second kappa shape index (κ2) is 16.6. The zero-order valence-electron chi connectivity index (χ0n) is 26.8. The lowest BCUT2D eigenvalue weighted by Crippen LogP contribution is -2.54. The van der Waals surface area contributed by atoms with E-state index in [4.69, 9.17) is 10.7 Å². The standard InChI is InChI=1S/C25H44.C5H6N2.C3H8.C2H6/c1-8-18(3)12-17-25(7)22-14-16-24(6)19(9-2)10-11-21(24)20(22)13-15-23(25,4)5;1-2-5(3-6)4-7;1-3-2;1-2/h8,18-22H,1,9-17H2,2-7H3;2-3,6H,1H3;3H2,1-2H3;1-2H3/b;5-2+,6-3?;;. The third-order valence-electron chi connectivity index (χ3n) is 10.7. The topological polar surface area (TPSA) is 47.6 Å². The first-order chi connectivity index (χ1) is 17.5. The summed E-state index contributed by atoms with van der Waals surface area (Å²) in [5.74, 6) is 4.65. The molecule has 0 aromatic carbocycles. The van der Waals surface area contributed by atoms with Crippen LogP contribution in [0.15, 0.2) is 24.3 Å². The number of nitriles is 1. The Morgan fingerprint density at radius 3 is 2.05 bits per heavy atom. The molecule has 7 unspecified atom stereocenters. The van der Waals surface area contributed by atoms with Gasteiger partial charge in [0, 0.05) is 6.21 Å². The highest BCUT2D eigenvalue weighted by Gasteiger charge is 2.60. The second-order valence-electron chi connectivity index (χ2n) is 12.9. The van der Waals surface area contributed by atoms with Gasteiger partial charge in [-0.15, -0.1) is 6.58 Å². The maximum Gasteiger partial charge on any atom is 0.100 e. The molecule has 0 spiro atoms. The minimum atomic E-state index is 0.403. The molecule has 37 heavy (non-hydrogen) atoms. The van der Waals surface area contributed by atoms with Crippen LogP contribution in [0.3, 0.4) is 0 Å². The van der Waals surface area contributed by atoms with Crippen LogP contribution < -0.4 is 0 Å². The summed E-state index contributed by atoms with van der Waals surface area (Å²) < 4.78 is 0. The zero-order chi connectivity index (χ0) is 28.9. The van der Waals surface area contributed by atoms with E-state index in [2.05, 4.69) is 68.0 Å². The van der Waals surface area contributed by atoms with Crippen LogP contribution in [0.5, 0.6) is 0 Å². The zero-order valence-corrected chi connectivity index (χ0v) is 26.8.